The lowest BCUT2D eigenvalue weighted by Gasteiger charge is -2.21. The third-order valence-electron chi connectivity index (χ3n) is 3.65. The summed E-state index contributed by atoms with van der Waals surface area (Å²) in [5, 5.41) is 9.10. The van der Waals surface area contributed by atoms with Crippen LogP contribution in [-0.2, 0) is 0 Å². The Morgan fingerprint density at radius 1 is 1.33 bits per heavy atom. The molecule has 1 aliphatic rings. The quantitative estimate of drug-likeness (QED) is 0.821. The van der Waals surface area contributed by atoms with Gasteiger partial charge in [-0.3, -0.25) is 0 Å². The van der Waals surface area contributed by atoms with E-state index in [1.54, 1.807) is 11.8 Å². The lowest BCUT2D eigenvalue weighted by molar-refractivity contribution is 0.0696. The van der Waals surface area contributed by atoms with E-state index in [0.29, 0.717) is 5.56 Å². The number of aromatic carboxylic acids is 1. The van der Waals surface area contributed by atoms with Gasteiger partial charge in [0.25, 0.3) is 0 Å². The molecule has 2 rings (SSSR count). The Hall–Kier alpha value is -0.960. The Morgan fingerprint density at radius 2 is 2.06 bits per heavy atom. The van der Waals surface area contributed by atoms with E-state index < -0.39 is 5.97 Å². The van der Waals surface area contributed by atoms with E-state index in [9.17, 15) is 4.79 Å². The van der Waals surface area contributed by atoms with Crippen LogP contribution in [0.25, 0.3) is 0 Å². The Labute approximate surface area is 113 Å². The van der Waals surface area contributed by atoms with Crippen LogP contribution in [0, 0.1) is 12.8 Å². The van der Waals surface area contributed by atoms with Crippen LogP contribution in [0.1, 0.15) is 48.0 Å². The number of carbonyl (C=O) groups is 1. The zero-order valence-corrected chi connectivity index (χ0v) is 11.6. The van der Waals surface area contributed by atoms with Crippen molar-refractivity contribution in [2.45, 2.75) is 43.9 Å². The average Bonchev–Trinajstić information content (AvgIpc) is 2.38. The van der Waals surface area contributed by atoms with Crippen LogP contribution in [0.5, 0.6) is 0 Å². The van der Waals surface area contributed by atoms with E-state index in [1.807, 2.05) is 25.1 Å². The summed E-state index contributed by atoms with van der Waals surface area (Å²) < 4.78 is 0. The van der Waals surface area contributed by atoms with Crippen molar-refractivity contribution in [1.82, 2.24) is 0 Å². The molecular formula is C15H20O2S. The van der Waals surface area contributed by atoms with Crippen molar-refractivity contribution in [3.8, 4) is 0 Å². The molecule has 0 radical (unpaired) electrons. The minimum absolute atomic E-state index is 0.434. The minimum Gasteiger partial charge on any atom is -0.478 e. The summed E-state index contributed by atoms with van der Waals surface area (Å²) in [5.74, 6) is 1.12. The summed E-state index contributed by atoms with van der Waals surface area (Å²) in [6.45, 7) is 1.85. The van der Waals surface area contributed by atoms with Crippen LogP contribution >= 0.6 is 11.8 Å². The van der Waals surface area contributed by atoms with Crippen LogP contribution in [0.3, 0.4) is 0 Å². The van der Waals surface area contributed by atoms with E-state index in [2.05, 4.69) is 0 Å². The first-order chi connectivity index (χ1) is 8.66. The van der Waals surface area contributed by atoms with Crippen LogP contribution in [0.2, 0.25) is 0 Å². The van der Waals surface area contributed by atoms with Gasteiger partial charge in [-0.15, -0.1) is 11.8 Å². The van der Waals surface area contributed by atoms with Crippen molar-refractivity contribution >= 4 is 17.7 Å². The van der Waals surface area contributed by atoms with Gasteiger partial charge < -0.3 is 5.11 Å². The predicted octanol–water partition coefficient (Wildman–Crippen LogP) is 4.37. The van der Waals surface area contributed by atoms with Gasteiger partial charge in [0.2, 0.25) is 0 Å². The highest BCUT2D eigenvalue weighted by molar-refractivity contribution is 7.99. The molecule has 1 aliphatic carbocycles. The zero-order valence-electron chi connectivity index (χ0n) is 10.8. The lowest BCUT2D eigenvalue weighted by Crippen LogP contribution is -2.08. The van der Waals surface area contributed by atoms with Gasteiger partial charge in [-0.2, -0.15) is 0 Å². The summed E-state index contributed by atoms with van der Waals surface area (Å²) in [7, 11) is 0. The molecule has 0 unspecified atom stereocenters. The topological polar surface area (TPSA) is 37.3 Å². The molecule has 1 aromatic carbocycles. The Balaban J connectivity index is 1.96. The van der Waals surface area contributed by atoms with Gasteiger partial charge in [0.15, 0.2) is 0 Å². The minimum atomic E-state index is -0.826. The molecule has 0 saturated heterocycles. The SMILES string of the molecule is Cc1ccc(SCC2CCCCC2)cc1C(=O)O. The van der Waals surface area contributed by atoms with Gasteiger partial charge in [-0.25, -0.2) is 4.79 Å². The molecule has 0 atom stereocenters. The fourth-order valence-electron chi connectivity index (χ4n) is 2.49. The van der Waals surface area contributed by atoms with E-state index in [-0.39, 0.29) is 0 Å². The number of hydrogen-bond donors (Lipinski definition) is 1. The van der Waals surface area contributed by atoms with Crippen LogP contribution in [-0.4, -0.2) is 16.8 Å². The average molecular weight is 264 g/mol. The molecule has 1 fully saturated rings. The highest BCUT2D eigenvalue weighted by Gasteiger charge is 2.14. The van der Waals surface area contributed by atoms with Gasteiger partial charge in [0.05, 0.1) is 5.56 Å². The standard InChI is InChI=1S/C15H20O2S/c1-11-7-8-13(9-14(11)15(16)17)18-10-12-5-3-2-4-6-12/h7-9,12H,2-6,10H2,1H3,(H,16,17). The number of aryl methyl sites for hydroxylation is 1. The lowest BCUT2D eigenvalue weighted by atomic mass is 9.91. The highest BCUT2D eigenvalue weighted by Crippen LogP contribution is 2.30. The monoisotopic (exact) mass is 264 g/mol. The fourth-order valence-corrected chi connectivity index (χ4v) is 3.62. The molecule has 0 spiro atoms. The van der Waals surface area contributed by atoms with Gasteiger partial charge in [0, 0.05) is 10.6 Å². The Morgan fingerprint density at radius 3 is 2.72 bits per heavy atom. The first kappa shape index (κ1) is 13.5. The molecule has 18 heavy (non-hydrogen) atoms. The number of thioether (sulfide) groups is 1. The first-order valence-corrected chi connectivity index (χ1v) is 7.62. The molecule has 98 valence electrons. The van der Waals surface area contributed by atoms with Crippen LogP contribution < -0.4 is 0 Å². The molecule has 0 bridgehead atoms. The van der Waals surface area contributed by atoms with Crippen molar-refractivity contribution in [1.29, 1.82) is 0 Å². The summed E-state index contributed by atoms with van der Waals surface area (Å²) >= 11 is 1.80. The molecule has 3 heteroatoms. The van der Waals surface area contributed by atoms with E-state index in [0.717, 1.165) is 22.1 Å². The molecule has 1 aromatic rings. The van der Waals surface area contributed by atoms with Gasteiger partial charge in [0.1, 0.15) is 0 Å². The maximum Gasteiger partial charge on any atom is 0.335 e. The third-order valence-corrected chi connectivity index (χ3v) is 4.88. The van der Waals surface area contributed by atoms with Gasteiger partial charge >= 0.3 is 5.97 Å². The smallest absolute Gasteiger partial charge is 0.335 e. The summed E-state index contributed by atoms with van der Waals surface area (Å²) in [5.41, 5.74) is 1.27. The van der Waals surface area contributed by atoms with Crippen molar-refractivity contribution in [3.63, 3.8) is 0 Å². The molecule has 1 N–H and O–H groups in total. The maximum atomic E-state index is 11.1. The fraction of sp³-hybridized carbons (Fsp3) is 0.533. The number of carboxylic acids is 1. The van der Waals surface area contributed by atoms with Crippen LogP contribution in [0.15, 0.2) is 23.1 Å². The van der Waals surface area contributed by atoms with E-state index >= 15 is 0 Å². The van der Waals surface area contributed by atoms with E-state index in [4.69, 9.17) is 5.11 Å². The molecule has 0 amide bonds. The maximum absolute atomic E-state index is 11.1. The number of hydrogen-bond acceptors (Lipinski definition) is 2. The van der Waals surface area contributed by atoms with Gasteiger partial charge in [-0.1, -0.05) is 25.3 Å². The second-order valence-corrected chi connectivity index (χ2v) is 6.19. The molecule has 0 heterocycles. The Bertz CT molecular complexity index is 423. The summed E-state index contributed by atoms with van der Waals surface area (Å²) in [6.07, 6.45) is 6.78. The summed E-state index contributed by atoms with van der Waals surface area (Å²) in [4.78, 5) is 12.2. The molecule has 0 aromatic heterocycles. The zero-order chi connectivity index (χ0) is 13.0. The normalized spacial score (nSPS) is 16.7. The first-order valence-electron chi connectivity index (χ1n) is 6.63. The predicted molar refractivity (Wildman–Crippen MR) is 75.4 cm³/mol. The molecule has 1 saturated carbocycles. The van der Waals surface area contributed by atoms with Crippen molar-refractivity contribution < 1.29 is 9.90 Å². The van der Waals surface area contributed by atoms with Crippen molar-refractivity contribution in [3.05, 3.63) is 29.3 Å². The Kier molecular flexibility index (Phi) is 4.70. The second kappa shape index (κ2) is 6.28. The van der Waals surface area contributed by atoms with Crippen molar-refractivity contribution in [2.75, 3.05) is 5.75 Å². The summed E-state index contributed by atoms with van der Waals surface area (Å²) in [6, 6.07) is 5.76. The molecule has 0 aliphatic heterocycles. The number of carboxylic acid groups (broad SMARTS) is 1. The largest absolute Gasteiger partial charge is 0.478 e. The second-order valence-electron chi connectivity index (χ2n) is 5.10. The third kappa shape index (κ3) is 3.52. The van der Waals surface area contributed by atoms with Gasteiger partial charge in [-0.05, 0) is 43.4 Å². The van der Waals surface area contributed by atoms with E-state index in [1.165, 1.54) is 32.1 Å². The number of benzene rings is 1. The molecular weight excluding hydrogens is 244 g/mol. The number of rotatable bonds is 4. The molecule has 2 nitrogen and oxygen atoms in total. The highest BCUT2D eigenvalue weighted by atomic mass is 32.2. The van der Waals surface area contributed by atoms with Crippen molar-refractivity contribution in [2.24, 2.45) is 5.92 Å². The van der Waals surface area contributed by atoms with Crippen LogP contribution in [0.4, 0.5) is 0 Å².